The third kappa shape index (κ3) is 4.18. The SMILES string of the molecule is C[C@H](O)c1ccc(N(C)CCN(C)C)c([N+](=O)[O-])c1. The lowest BCUT2D eigenvalue weighted by atomic mass is 10.1. The molecule has 0 radical (unpaired) electrons. The number of hydrogen-bond donors (Lipinski definition) is 1. The van der Waals surface area contributed by atoms with E-state index >= 15 is 0 Å². The first-order valence-corrected chi connectivity index (χ1v) is 6.15. The lowest BCUT2D eigenvalue weighted by Crippen LogP contribution is -2.28. The number of nitro benzene ring substituents is 1. The van der Waals surface area contributed by atoms with Gasteiger partial charge in [-0.2, -0.15) is 0 Å². The molecule has 1 atom stereocenters. The molecule has 0 spiro atoms. The Kier molecular flexibility index (Phi) is 5.26. The van der Waals surface area contributed by atoms with Gasteiger partial charge in [0.05, 0.1) is 11.0 Å². The molecular weight excluding hydrogens is 246 g/mol. The molecule has 0 heterocycles. The van der Waals surface area contributed by atoms with Gasteiger partial charge in [-0.1, -0.05) is 6.07 Å². The van der Waals surface area contributed by atoms with Gasteiger partial charge >= 0.3 is 0 Å². The Labute approximate surface area is 113 Å². The Morgan fingerprint density at radius 2 is 1.95 bits per heavy atom. The Morgan fingerprint density at radius 3 is 2.42 bits per heavy atom. The topological polar surface area (TPSA) is 69.8 Å². The van der Waals surface area contributed by atoms with E-state index in [0.717, 1.165) is 6.54 Å². The number of benzene rings is 1. The summed E-state index contributed by atoms with van der Waals surface area (Å²) < 4.78 is 0. The fourth-order valence-electron chi connectivity index (χ4n) is 1.74. The highest BCUT2D eigenvalue weighted by atomic mass is 16.6. The summed E-state index contributed by atoms with van der Waals surface area (Å²) in [6.45, 7) is 3.10. The standard InChI is InChI=1S/C13H21N3O3/c1-10(17)11-5-6-12(13(9-11)16(18)19)15(4)8-7-14(2)3/h5-6,9-10,17H,7-8H2,1-4H3/t10-/m0/s1. The molecule has 0 aliphatic heterocycles. The van der Waals surface area contributed by atoms with Crippen molar-refractivity contribution in [2.24, 2.45) is 0 Å². The monoisotopic (exact) mass is 267 g/mol. The van der Waals surface area contributed by atoms with E-state index in [0.29, 0.717) is 17.8 Å². The van der Waals surface area contributed by atoms with Crippen LogP contribution in [-0.4, -0.2) is 49.2 Å². The van der Waals surface area contributed by atoms with Crippen molar-refractivity contribution in [1.29, 1.82) is 0 Å². The second-order valence-corrected chi connectivity index (χ2v) is 4.91. The van der Waals surface area contributed by atoms with Crippen LogP contribution in [0.2, 0.25) is 0 Å². The van der Waals surface area contributed by atoms with E-state index in [4.69, 9.17) is 0 Å². The summed E-state index contributed by atoms with van der Waals surface area (Å²) in [5.74, 6) is 0. The fourth-order valence-corrected chi connectivity index (χ4v) is 1.74. The molecule has 0 aliphatic carbocycles. The van der Waals surface area contributed by atoms with Gasteiger partial charge in [0, 0.05) is 26.2 Å². The molecular formula is C13H21N3O3. The van der Waals surface area contributed by atoms with E-state index in [9.17, 15) is 15.2 Å². The van der Waals surface area contributed by atoms with Crippen LogP contribution in [0.1, 0.15) is 18.6 Å². The largest absolute Gasteiger partial charge is 0.389 e. The minimum atomic E-state index is -0.708. The van der Waals surface area contributed by atoms with Gasteiger partial charge in [-0.25, -0.2) is 0 Å². The molecule has 0 bridgehead atoms. The quantitative estimate of drug-likeness (QED) is 0.627. The first-order valence-electron chi connectivity index (χ1n) is 6.15. The van der Waals surface area contributed by atoms with Crippen LogP contribution in [0.3, 0.4) is 0 Å². The number of anilines is 1. The summed E-state index contributed by atoms with van der Waals surface area (Å²) in [4.78, 5) is 14.6. The van der Waals surface area contributed by atoms with Crippen LogP contribution in [0.4, 0.5) is 11.4 Å². The minimum absolute atomic E-state index is 0.0275. The van der Waals surface area contributed by atoms with Gasteiger partial charge in [-0.15, -0.1) is 0 Å². The number of nitrogens with zero attached hydrogens (tertiary/aromatic N) is 3. The number of likely N-dealkylation sites (N-methyl/N-ethyl adjacent to an activating group) is 2. The second-order valence-electron chi connectivity index (χ2n) is 4.91. The maximum Gasteiger partial charge on any atom is 0.292 e. The van der Waals surface area contributed by atoms with Crippen molar-refractivity contribution in [2.75, 3.05) is 39.1 Å². The molecule has 1 aromatic rings. The molecule has 0 saturated carbocycles. The van der Waals surface area contributed by atoms with Crippen LogP contribution < -0.4 is 4.90 Å². The van der Waals surface area contributed by atoms with Crippen molar-refractivity contribution in [3.05, 3.63) is 33.9 Å². The molecule has 19 heavy (non-hydrogen) atoms. The maximum atomic E-state index is 11.1. The van der Waals surface area contributed by atoms with Crippen molar-refractivity contribution >= 4 is 11.4 Å². The molecule has 0 aromatic heterocycles. The number of rotatable bonds is 6. The predicted molar refractivity (Wildman–Crippen MR) is 75.6 cm³/mol. The van der Waals surface area contributed by atoms with Crippen LogP contribution >= 0.6 is 0 Å². The van der Waals surface area contributed by atoms with Gasteiger partial charge in [0.25, 0.3) is 5.69 Å². The summed E-state index contributed by atoms with van der Waals surface area (Å²) >= 11 is 0. The normalized spacial score (nSPS) is 12.5. The van der Waals surface area contributed by atoms with Crippen molar-refractivity contribution in [2.45, 2.75) is 13.0 Å². The van der Waals surface area contributed by atoms with Crippen LogP contribution in [-0.2, 0) is 0 Å². The number of nitro groups is 1. The van der Waals surface area contributed by atoms with Crippen molar-refractivity contribution in [3.63, 3.8) is 0 Å². The first kappa shape index (κ1) is 15.4. The third-order valence-corrected chi connectivity index (χ3v) is 2.97. The Hall–Kier alpha value is -1.66. The highest BCUT2D eigenvalue weighted by Gasteiger charge is 2.19. The van der Waals surface area contributed by atoms with E-state index in [-0.39, 0.29) is 5.69 Å². The van der Waals surface area contributed by atoms with Gasteiger partial charge in [0.15, 0.2) is 0 Å². The van der Waals surface area contributed by atoms with Crippen LogP contribution in [0.15, 0.2) is 18.2 Å². The molecule has 0 aliphatic rings. The third-order valence-electron chi connectivity index (χ3n) is 2.97. The number of hydrogen-bond acceptors (Lipinski definition) is 5. The first-order chi connectivity index (χ1) is 8.82. The van der Waals surface area contributed by atoms with Gasteiger partial charge in [0.1, 0.15) is 5.69 Å². The highest BCUT2D eigenvalue weighted by molar-refractivity contribution is 5.64. The van der Waals surface area contributed by atoms with Gasteiger partial charge < -0.3 is 14.9 Å². The molecule has 1 aromatic carbocycles. The molecule has 6 nitrogen and oxygen atoms in total. The average molecular weight is 267 g/mol. The lowest BCUT2D eigenvalue weighted by Gasteiger charge is -2.21. The summed E-state index contributed by atoms with van der Waals surface area (Å²) in [5.41, 5.74) is 1.15. The molecule has 0 saturated heterocycles. The number of aliphatic hydroxyl groups excluding tert-OH is 1. The Balaban J connectivity index is 3.02. The maximum absolute atomic E-state index is 11.1. The highest BCUT2D eigenvalue weighted by Crippen LogP contribution is 2.30. The van der Waals surface area contributed by atoms with Gasteiger partial charge in [-0.05, 0) is 32.6 Å². The zero-order valence-corrected chi connectivity index (χ0v) is 11.8. The van der Waals surface area contributed by atoms with Crippen molar-refractivity contribution < 1.29 is 10.0 Å². The smallest absolute Gasteiger partial charge is 0.292 e. The minimum Gasteiger partial charge on any atom is -0.389 e. The molecule has 1 rings (SSSR count). The molecule has 6 heteroatoms. The number of aliphatic hydroxyl groups is 1. The van der Waals surface area contributed by atoms with E-state index in [1.54, 1.807) is 19.1 Å². The van der Waals surface area contributed by atoms with E-state index in [1.165, 1.54) is 6.07 Å². The Morgan fingerprint density at radius 1 is 1.32 bits per heavy atom. The van der Waals surface area contributed by atoms with E-state index in [1.807, 2.05) is 30.9 Å². The van der Waals surface area contributed by atoms with Crippen LogP contribution in [0, 0.1) is 10.1 Å². The summed E-state index contributed by atoms with van der Waals surface area (Å²) in [7, 11) is 5.74. The van der Waals surface area contributed by atoms with Crippen LogP contribution in [0.5, 0.6) is 0 Å². The summed E-state index contributed by atoms with van der Waals surface area (Å²) in [5, 5.41) is 20.6. The van der Waals surface area contributed by atoms with Gasteiger partial charge in [0.2, 0.25) is 0 Å². The Bertz CT molecular complexity index is 447. The molecule has 1 N–H and O–H groups in total. The van der Waals surface area contributed by atoms with E-state index in [2.05, 4.69) is 0 Å². The zero-order valence-electron chi connectivity index (χ0n) is 11.8. The van der Waals surface area contributed by atoms with E-state index < -0.39 is 11.0 Å². The molecule has 0 amide bonds. The lowest BCUT2D eigenvalue weighted by molar-refractivity contribution is -0.384. The summed E-state index contributed by atoms with van der Waals surface area (Å²) in [6.07, 6.45) is -0.708. The fraction of sp³-hybridized carbons (Fsp3) is 0.538. The molecule has 0 unspecified atom stereocenters. The van der Waals surface area contributed by atoms with Crippen molar-refractivity contribution in [3.8, 4) is 0 Å². The molecule has 0 fully saturated rings. The molecule has 106 valence electrons. The van der Waals surface area contributed by atoms with Gasteiger partial charge in [-0.3, -0.25) is 10.1 Å². The summed E-state index contributed by atoms with van der Waals surface area (Å²) in [6, 6.07) is 4.85. The second kappa shape index (κ2) is 6.49. The van der Waals surface area contributed by atoms with Crippen molar-refractivity contribution in [1.82, 2.24) is 4.90 Å². The average Bonchev–Trinajstić information content (AvgIpc) is 2.34. The zero-order chi connectivity index (χ0) is 14.6. The predicted octanol–water partition coefficient (Wildman–Crippen LogP) is 1.65. The van der Waals surface area contributed by atoms with Crippen LogP contribution in [0.25, 0.3) is 0 Å².